The highest BCUT2D eigenvalue weighted by Gasteiger charge is 2.21. The largest absolute Gasteiger partial charge is 0.374 e. The third kappa shape index (κ3) is 3.89. The van der Waals surface area contributed by atoms with E-state index in [2.05, 4.69) is 14.9 Å². The van der Waals surface area contributed by atoms with Crippen LogP contribution in [0.2, 0.25) is 0 Å². The van der Waals surface area contributed by atoms with Crippen LogP contribution >= 0.6 is 23.1 Å². The van der Waals surface area contributed by atoms with Crippen LogP contribution in [0.3, 0.4) is 0 Å². The summed E-state index contributed by atoms with van der Waals surface area (Å²) in [5.74, 6) is 1.68. The number of hydrogen-bond donors (Lipinski definition) is 2. The average Bonchev–Trinajstić information content (AvgIpc) is 2.62. The summed E-state index contributed by atoms with van der Waals surface area (Å²) in [4.78, 5) is 0. The summed E-state index contributed by atoms with van der Waals surface area (Å²) in [7, 11) is -3.57. The number of thioether (sulfide) groups is 1. The summed E-state index contributed by atoms with van der Waals surface area (Å²) in [6, 6.07) is -0.139. The van der Waals surface area contributed by atoms with Crippen LogP contribution in [-0.2, 0) is 10.0 Å². The van der Waals surface area contributed by atoms with Crippen LogP contribution in [-0.4, -0.2) is 36.2 Å². The minimum Gasteiger partial charge on any atom is -0.374 e. The number of nitrogens with two attached hydrogens (primary N) is 1. The van der Waals surface area contributed by atoms with Crippen molar-refractivity contribution >= 4 is 38.3 Å². The van der Waals surface area contributed by atoms with E-state index in [0.29, 0.717) is 0 Å². The number of rotatable bonds is 6. The number of nitrogens with zero attached hydrogens (tertiary/aromatic N) is 2. The van der Waals surface area contributed by atoms with Gasteiger partial charge in [-0.25, -0.2) is 13.1 Å². The predicted molar refractivity (Wildman–Crippen MR) is 67.1 cm³/mol. The molecule has 1 atom stereocenters. The van der Waals surface area contributed by atoms with Gasteiger partial charge < -0.3 is 5.73 Å². The molecule has 6 nitrogen and oxygen atoms in total. The van der Waals surface area contributed by atoms with Gasteiger partial charge in [0.05, 0.1) is 0 Å². The first-order chi connectivity index (χ1) is 7.45. The molecule has 0 saturated carbocycles. The fourth-order valence-corrected chi connectivity index (χ4v) is 3.79. The van der Waals surface area contributed by atoms with Crippen molar-refractivity contribution in [1.82, 2.24) is 14.9 Å². The summed E-state index contributed by atoms with van der Waals surface area (Å²) in [6.45, 7) is 3.84. The molecule has 0 spiro atoms. The lowest BCUT2D eigenvalue weighted by atomic mass is 10.4. The van der Waals surface area contributed by atoms with Crippen LogP contribution in [0.5, 0.6) is 0 Å². The maximum absolute atomic E-state index is 11.8. The molecular weight excluding hydrogens is 268 g/mol. The molecule has 0 aromatic carbocycles. The van der Waals surface area contributed by atoms with Crippen molar-refractivity contribution < 1.29 is 8.42 Å². The third-order valence-electron chi connectivity index (χ3n) is 1.58. The maximum atomic E-state index is 11.8. The molecule has 16 heavy (non-hydrogen) atoms. The summed E-state index contributed by atoms with van der Waals surface area (Å²) in [6.07, 6.45) is 0. The van der Waals surface area contributed by atoms with Gasteiger partial charge in [0.2, 0.25) is 9.47 Å². The molecule has 0 radical (unpaired) electrons. The quantitative estimate of drug-likeness (QED) is 0.790. The molecule has 0 bridgehead atoms. The summed E-state index contributed by atoms with van der Waals surface area (Å²) < 4.78 is 25.9. The molecule has 9 heteroatoms. The van der Waals surface area contributed by atoms with E-state index >= 15 is 0 Å². The Hall–Kier alpha value is -0.380. The SMILES string of the molecule is CCSCC(C)NS(=O)(=O)c1nnc(N)s1. The highest BCUT2D eigenvalue weighted by atomic mass is 32.2. The number of sulfonamides is 1. The summed E-state index contributed by atoms with van der Waals surface area (Å²) >= 11 is 2.53. The lowest BCUT2D eigenvalue weighted by Gasteiger charge is -2.11. The maximum Gasteiger partial charge on any atom is 0.270 e. The first kappa shape index (κ1) is 13.7. The van der Waals surface area contributed by atoms with Gasteiger partial charge in [-0.3, -0.25) is 0 Å². The standard InChI is InChI=1S/C7H14N4O2S3/c1-3-14-4-5(2)11-16(12,13)7-10-9-6(8)15-7/h5,11H,3-4H2,1-2H3,(H2,8,9). The Morgan fingerprint density at radius 2 is 2.25 bits per heavy atom. The van der Waals surface area contributed by atoms with Gasteiger partial charge in [0, 0.05) is 11.8 Å². The van der Waals surface area contributed by atoms with Crippen LogP contribution in [0.1, 0.15) is 13.8 Å². The highest BCUT2D eigenvalue weighted by molar-refractivity contribution is 7.99. The Kier molecular flexibility index (Phi) is 4.96. The average molecular weight is 282 g/mol. The number of aromatic nitrogens is 2. The molecule has 0 aliphatic heterocycles. The molecule has 0 fully saturated rings. The molecule has 1 rings (SSSR count). The van der Waals surface area contributed by atoms with Gasteiger partial charge in [-0.2, -0.15) is 11.8 Å². The first-order valence-electron chi connectivity index (χ1n) is 4.64. The van der Waals surface area contributed by atoms with E-state index in [1.807, 2.05) is 13.8 Å². The molecule has 92 valence electrons. The van der Waals surface area contributed by atoms with Gasteiger partial charge >= 0.3 is 0 Å². The van der Waals surface area contributed by atoms with E-state index in [0.717, 1.165) is 22.8 Å². The molecule has 1 unspecified atom stereocenters. The Morgan fingerprint density at radius 3 is 2.75 bits per heavy atom. The van der Waals surface area contributed by atoms with E-state index in [4.69, 9.17) is 5.73 Å². The third-order valence-corrected chi connectivity index (χ3v) is 5.43. The van der Waals surface area contributed by atoms with E-state index in [1.54, 1.807) is 11.8 Å². The number of anilines is 1. The Balaban J connectivity index is 2.65. The Morgan fingerprint density at radius 1 is 1.56 bits per heavy atom. The molecular formula is C7H14N4O2S3. The number of hydrogen-bond acceptors (Lipinski definition) is 7. The molecule has 0 amide bonds. The van der Waals surface area contributed by atoms with E-state index in [-0.39, 0.29) is 15.5 Å². The zero-order chi connectivity index (χ0) is 12.2. The van der Waals surface area contributed by atoms with Crippen molar-refractivity contribution in [1.29, 1.82) is 0 Å². The first-order valence-corrected chi connectivity index (χ1v) is 8.10. The van der Waals surface area contributed by atoms with Crippen LogP contribution in [0.15, 0.2) is 4.34 Å². The van der Waals surface area contributed by atoms with Gasteiger partial charge in [-0.1, -0.05) is 18.3 Å². The Bertz CT molecular complexity index is 431. The number of nitrogens with one attached hydrogen (secondary N) is 1. The zero-order valence-corrected chi connectivity index (χ0v) is 11.5. The van der Waals surface area contributed by atoms with Crippen LogP contribution in [0.4, 0.5) is 5.13 Å². The van der Waals surface area contributed by atoms with E-state index < -0.39 is 10.0 Å². The Labute approximate surface area is 103 Å². The van der Waals surface area contributed by atoms with E-state index in [1.165, 1.54) is 0 Å². The molecule has 1 aromatic heterocycles. The van der Waals surface area contributed by atoms with Crippen molar-refractivity contribution in [3.05, 3.63) is 0 Å². The van der Waals surface area contributed by atoms with Gasteiger partial charge in [0.15, 0.2) is 0 Å². The monoisotopic (exact) mass is 282 g/mol. The van der Waals surface area contributed by atoms with E-state index in [9.17, 15) is 8.42 Å². The van der Waals surface area contributed by atoms with Gasteiger partial charge in [0.1, 0.15) is 0 Å². The van der Waals surface area contributed by atoms with Crippen molar-refractivity contribution in [2.45, 2.75) is 24.2 Å². The summed E-state index contributed by atoms with van der Waals surface area (Å²) in [5, 5.41) is 7.13. The molecule has 0 saturated heterocycles. The van der Waals surface area contributed by atoms with Crippen molar-refractivity contribution in [2.75, 3.05) is 17.2 Å². The second-order valence-electron chi connectivity index (χ2n) is 3.09. The summed E-state index contributed by atoms with van der Waals surface area (Å²) in [5.41, 5.74) is 5.33. The zero-order valence-electron chi connectivity index (χ0n) is 9.00. The smallest absolute Gasteiger partial charge is 0.270 e. The lowest BCUT2D eigenvalue weighted by molar-refractivity contribution is 0.569. The van der Waals surface area contributed by atoms with Crippen LogP contribution in [0.25, 0.3) is 0 Å². The molecule has 1 aromatic rings. The van der Waals surface area contributed by atoms with Crippen LogP contribution < -0.4 is 10.5 Å². The minimum atomic E-state index is -3.57. The van der Waals surface area contributed by atoms with Crippen LogP contribution in [0, 0.1) is 0 Å². The second-order valence-corrected chi connectivity index (χ2v) is 7.30. The second kappa shape index (κ2) is 5.80. The predicted octanol–water partition coefficient (Wildman–Crippen LogP) is 0.540. The van der Waals surface area contributed by atoms with Gasteiger partial charge in [-0.15, -0.1) is 10.2 Å². The molecule has 0 aliphatic carbocycles. The lowest BCUT2D eigenvalue weighted by Crippen LogP contribution is -2.34. The molecule has 3 N–H and O–H groups in total. The molecule has 1 heterocycles. The van der Waals surface area contributed by atoms with Gasteiger partial charge in [0.25, 0.3) is 10.0 Å². The van der Waals surface area contributed by atoms with Crippen molar-refractivity contribution in [3.8, 4) is 0 Å². The minimum absolute atomic E-state index is 0.0849. The highest BCUT2D eigenvalue weighted by Crippen LogP contribution is 2.17. The topological polar surface area (TPSA) is 98.0 Å². The van der Waals surface area contributed by atoms with Gasteiger partial charge in [-0.05, 0) is 12.7 Å². The van der Waals surface area contributed by atoms with Crippen molar-refractivity contribution in [3.63, 3.8) is 0 Å². The normalized spacial score (nSPS) is 13.9. The molecule has 0 aliphatic rings. The fraction of sp³-hybridized carbons (Fsp3) is 0.714. The fourth-order valence-electron chi connectivity index (χ4n) is 0.973. The number of nitrogen functional groups attached to an aromatic ring is 1. The van der Waals surface area contributed by atoms with Crippen molar-refractivity contribution in [2.24, 2.45) is 0 Å².